The van der Waals surface area contributed by atoms with E-state index >= 15 is 0 Å². The van der Waals surface area contributed by atoms with Crippen LogP contribution in [-0.2, 0) is 0 Å². The van der Waals surface area contributed by atoms with E-state index in [0.717, 1.165) is 8.01 Å². The third-order valence-electron chi connectivity index (χ3n) is 1.75. The van der Waals surface area contributed by atoms with Gasteiger partial charge in [0.05, 0.1) is 9.90 Å². The summed E-state index contributed by atoms with van der Waals surface area (Å²) in [6.45, 7) is 0. The molecule has 1 aromatic heterocycles. The SMILES string of the molecule is Oc1c(Cl)cc(Cl)cc1-c1csc(=S)s1. The monoisotopic (exact) mass is 294 g/mol. The maximum Gasteiger partial charge on any atom is 0.144 e. The van der Waals surface area contributed by atoms with Gasteiger partial charge in [0.15, 0.2) is 0 Å². The Morgan fingerprint density at radius 1 is 1.27 bits per heavy atom. The number of aromatic hydroxyl groups is 1. The van der Waals surface area contributed by atoms with Crippen molar-refractivity contribution in [3.8, 4) is 16.2 Å². The first kappa shape index (κ1) is 11.4. The van der Waals surface area contributed by atoms with Crippen LogP contribution in [0.25, 0.3) is 10.4 Å². The normalized spacial score (nSPS) is 10.5. The number of hydrogen-bond donors (Lipinski definition) is 1. The van der Waals surface area contributed by atoms with Crippen molar-refractivity contribution in [1.82, 2.24) is 0 Å². The summed E-state index contributed by atoms with van der Waals surface area (Å²) >= 11 is 19.6. The average molecular weight is 295 g/mol. The maximum atomic E-state index is 9.77. The van der Waals surface area contributed by atoms with E-state index in [-0.39, 0.29) is 10.8 Å². The Morgan fingerprint density at radius 2 is 2.00 bits per heavy atom. The fourth-order valence-corrected chi connectivity index (χ4v) is 3.74. The molecule has 6 heteroatoms. The maximum absolute atomic E-state index is 9.77. The van der Waals surface area contributed by atoms with Gasteiger partial charge in [0.2, 0.25) is 0 Å². The van der Waals surface area contributed by atoms with Crippen LogP contribution in [0.5, 0.6) is 5.75 Å². The molecule has 0 aliphatic carbocycles. The minimum atomic E-state index is 0.0464. The molecule has 0 aliphatic heterocycles. The Hall–Kier alpha value is -0.130. The van der Waals surface area contributed by atoms with Crippen LogP contribution in [-0.4, -0.2) is 5.11 Å². The fraction of sp³-hybridized carbons (Fsp3) is 0. The predicted molar refractivity (Wildman–Crippen MR) is 70.2 cm³/mol. The van der Waals surface area contributed by atoms with E-state index in [2.05, 4.69) is 0 Å². The molecule has 0 unspecified atom stereocenters. The molecule has 0 amide bonds. The van der Waals surface area contributed by atoms with E-state index in [4.69, 9.17) is 35.4 Å². The third-order valence-corrected chi connectivity index (χ3v) is 4.75. The van der Waals surface area contributed by atoms with Crippen LogP contribution in [0.15, 0.2) is 17.5 Å². The molecule has 0 radical (unpaired) electrons. The second-order valence-corrected chi connectivity index (χ2v) is 6.69. The molecule has 1 aromatic carbocycles. The molecule has 2 aromatic rings. The number of phenolic OH excluding ortho intramolecular Hbond substituents is 1. The van der Waals surface area contributed by atoms with E-state index < -0.39 is 0 Å². The van der Waals surface area contributed by atoms with E-state index in [1.165, 1.54) is 28.7 Å². The van der Waals surface area contributed by atoms with Crippen LogP contribution >= 0.6 is 58.1 Å². The summed E-state index contributed by atoms with van der Waals surface area (Å²) < 4.78 is 0.806. The second-order valence-electron chi connectivity index (χ2n) is 2.74. The van der Waals surface area contributed by atoms with Crippen molar-refractivity contribution in [2.24, 2.45) is 0 Å². The second kappa shape index (κ2) is 4.39. The van der Waals surface area contributed by atoms with Gasteiger partial charge in [-0.25, -0.2) is 0 Å². The minimum absolute atomic E-state index is 0.0464. The van der Waals surface area contributed by atoms with Crippen molar-refractivity contribution in [2.75, 3.05) is 0 Å². The van der Waals surface area contributed by atoms with E-state index in [1.807, 2.05) is 5.38 Å². The standard InChI is InChI=1S/C9H4Cl2OS3/c10-4-1-5(8(12)6(11)2-4)7-3-14-9(13)15-7/h1-3,12H. The van der Waals surface area contributed by atoms with Crippen LogP contribution in [0, 0.1) is 3.14 Å². The van der Waals surface area contributed by atoms with E-state index in [1.54, 1.807) is 6.07 Å². The van der Waals surface area contributed by atoms with Gasteiger partial charge < -0.3 is 5.11 Å². The summed E-state index contributed by atoms with van der Waals surface area (Å²) in [6, 6.07) is 3.18. The summed E-state index contributed by atoms with van der Waals surface area (Å²) in [7, 11) is 0. The number of rotatable bonds is 1. The average Bonchev–Trinajstić information content (AvgIpc) is 2.58. The van der Waals surface area contributed by atoms with Crippen LogP contribution in [0.2, 0.25) is 10.0 Å². The summed E-state index contributed by atoms with van der Waals surface area (Å²) in [5.41, 5.74) is 0.629. The highest BCUT2D eigenvalue weighted by atomic mass is 35.5. The first-order chi connectivity index (χ1) is 7.08. The first-order valence-electron chi connectivity index (χ1n) is 3.85. The van der Waals surface area contributed by atoms with Gasteiger partial charge in [-0.1, -0.05) is 35.4 Å². The molecular weight excluding hydrogens is 291 g/mol. The Kier molecular flexibility index (Phi) is 3.33. The number of hydrogen-bond acceptors (Lipinski definition) is 4. The van der Waals surface area contributed by atoms with Gasteiger partial charge in [0.25, 0.3) is 0 Å². The molecule has 2 rings (SSSR count). The zero-order valence-electron chi connectivity index (χ0n) is 7.16. The number of phenols is 1. The van der Waals surface area contributed by atoms with Gasteiger partial charge in [-0.3, -0.25) is 0 Å². The quantitative estimate of drug-likeness (QED) is 0.728. The number of benzene rings is 1. The molecule has 0 spiro atoms. The highest BCUT2D eigenvalue weighted by molar-refractivity contribution is 7.76. The predicted octanol–water partition coefficient (Wildman–Crippen LogP) is 5.22. The summed E-state index contributed by atoms with van der Waals surface area (Å²) in [4.78, 5) is 0.881. The smallest absolute Gasteiger partial charge is 0.144 e. The molecule has 0 saturated heterocycles. The lowest BCUT2D eigenvalue weighted by Crippen LogP contribution is -1.77. The summed E-state index contributed by atoms with van der Waals surface area (Å²) in [6.07, 6.45) is 0. The Morgan fingerprint density at radius 3 is 2.60 bits per heavy atom. The van der Waals surface area contributed by atoms with Gasteiger partial charge in [-0.2, -0.15) is 0 Å². The van der Waals surface area contributed by atoms with Crippen LogP contribution < -0.4 is 0 Å². The van der Waals surface area contributed by atoms with Crippen molar-refractivity contribution in [3.63, 3.8) is 0 Å². The molecule has 0 fully saturated rings. The van der Waals surface area contributed by atoms with Gasteiger partial charge in [0.1, 0.15) is 8.89 Å². The lowest BCUT2D eigenvalue weighted by Gasteiger charge is -2.04. The van der Waals surface area contributed by atoms with Crippen molar-refractivity contribution in [1.29, 1.82) is 0 Å². The van der Waals surface area contributed by atoms with Crippen molar-refractivity contribution < 1.29 is 5.11 Å². The van der Waals surface area contributed by atoms with Gasteiger partial charge in [-0.05, 0) is 12.1 Å². The lowest BCUT2D eigenvalue weighted by atomic mass is 10.2. The molecule has 1 N–H and O–H groups in total. The summed E-state index contributed by atoms with van der Waals surface area (Å²) in [5, 5.41) is 12.4. The first-order valence-corrected chi connectivity index (χ1v) is 6.71. The van der Waals surface area contributed by atoms with Crippen LogP contribution in [0.3, 0.4) is 0 Å². The third kappa shape index (κ3) is 2.34. The molecule has 0 atom stereocenters. The van der Waals surface area contributed by atoms with Crippen molar-refractivity contribution in [3.05, 3.63) is 30.7 Å². The molecule has 0 aliphatic rings. The van der Waals surface area contributed by atoms with Gasteiger partial charge in [0, 0.05) is 16.0 Å². The van der Waals surface area contributed by atoms with E-state index in [0.29, 0.717) is 10.6 Å². The topological polar surface area (TPSA) is 20.2 Å². The van der Waals surface area contributed by atoms with Gasteiger partial charge >= 0.3 is 0 Å². The van der Waals surface area contributed by atoms with Crippen LogP contribution in [0.4, 0.5) is 0 Å². The highest BCUT2D eigenvalue weighted by Gasteiger charge is 2.11. The van der Waals surface area contributed by atoms with Gasteiger partial charge in [-0.15, -0.1) is 22.7 Å². The largest absolute Gasteiger partial charge is 0.506 e. The zero-order valence-corrected chi connectivity index (χ0v) is 11.1. The van der Waals surface area contributed by atoms with Crippen molar-refractivity contribution in [2.45, 2.75) is 0 Å². The van der Waals surface area contributed by atoms with Crippen LogP contribution in [0.1, 0.15) is 0 Å². The highest BCUT2D eigenvalue weighted by Crippen LogP contribution is 2.40. The Balaban J connectivity index is 2.67. The lowest BCUT2D eigenvalue weighted by molar-refractivity contribution is 0.478. The zero-order chi connectivity index (χ0) is 11.0. The van der Waals surface area contributed by atoms with Crippen molar-refractivity contribution >= 4 is 58.1 Å². The molecule has 1 heterocycles. The Bertz CT molecular complexity index is 559. The number of halogens is 2. The molecule has 15 heavy (non-hydrogen) atoms. The molecule has 1 nitrogen and oxygen atoms in total. The minimum Gasteiger partial charge on any atom is -0.506 e. The van der Waals surface area contributed by atoms with E-state index in [9.17, 15) is 5.11 Å². The molecule has 78 valence electrons. The summed E-state index contributed by atoms with van der Waals surface area (Å²) in [5.74, 6) is 0.0464. The Labute approximate surface area is 110 Å². The fourth-order valence-electron chi connectivity index (χ4n) is 1.11. The molecule has 0 bridgehead atoms. The molecule has 0 saturated carbocycles. The molecular formula is C9H4Cl2OS3.